The monoisotopic (exact) mass is 354 g/mol. The lowest BCUT2D eigenvalue weighted by Gasteiger charge is -2.28. The molecule has 1 aliphatic rings. The summed E-state index contributed by atoms with van der Waals surface area (Å²) in [4.78, 5) is 14.5. The average molecular weight is 354 g/mol. The van der Waals surface area contributed by atoms with Gasteiger partial charge in [-0.15, -0.1) is 0 Å². The van der Waals surface area contributed by atoms with Crippen molar-refractivity contribution in [3.05, 3.63) is 60.2 Å². The molecule has 0 bridgehead atoms. The highest BCUT2D eigenvalue weighted by molar-refractivity contribution is 5.78. The number of hydrogen-bond donors (Lipinski definition) is 2. The number of para-hydroxylation sites is 1. The summed E-state index contributed by atoms with van der Waals surface area (Å²) >= 11 is 0. The number of carbonyl (C=O) groups is 1. The van der Waals surface area contributed by atoms with Gasteiger partial charge in [0.05, 0.1) is 6.10 Å². The number of nitrogens with one attached hydrogen (secondary N) is 1. The van der Waals surface area contributed by atoms with E-state index in [4.69, 9.17) is 4.74 Å². The molecule has 1 aliphatic heterocycles. The van der Waals surface area contributed by atoms with Crippen molar-refractivity contribution in [2.45, 2.75) is 18.9 Å². The maximum atomic E-state index is 12.3. The van der Waals surface area contributed by atoms with E-state index in [0.717, 1.165) is 37.2 Å². The lowest BCUT2D eigenvalue weighted by Crippen LogP contribution is -2.40. The second kappa shape index (κ2) is 8.83. The first-order valence-electron chi connectivity index (χ1n) is 9.09. The minimum Gasteiger partial charge on any atom is -0.457 e. The van der Waals surface area contributed by atoms with Crippen LogP contribution in [0.3, 0.4) is 0 Å². The Labute approximate surface area is 154 Å². The molecule has 0 aliphatic carbocycles. The van der Waals surface area contributed by atoms with E-state index in [1.54, 1.807) is 6.07 Å². The van der Waals surface area contributed by atoms with Crippen LogP contribution >= 0.6 is 0 Å². The molecule has 1 heterocycles. The first kappa shape index (κ1) is 18.4. The van der Waals surface area contributed by atoms with E-state index in [-0.39, 0.29) is 18.4 Å². The largest absolute Gasteiger partial charge is 0.457 e. The molecule has 1 fully saturated rings. The second-order valence-electron chi connectivity index (χ2n) is 6.83. The molecule has 2 aromatic rings. The van der Waals surface area contributed by atoms with Crippen LogP contribution in [-0.4, -0.2) is 42.6 Å². The van der Waals surface area contributed by atoms with Crippen molar-refractivity contribution in [2.24, 2.45) is 5.92 Å². The minimum absolute atomic E-state index is 0.0360. The van der Waals surface area contributed by atoms with Crippen LogP contribution in [0.2, 0.25) is 0 Å². The van der Waals surface area contributed by atoms with Gasteiger partial charge in [0, 0.05) is 12.5 Å². The predicted molar refractivity (Wildman–Crippen MR) is 101 cm³/mol. The molecule has 2 N–H and O–H groups in total. The van der Waals surface area contributed by atoms with Crippen molar-refractivity contribution in [2.75, 3.05) is 26.7 Å². The van der Waals surface area contributed by atoms with E-state index in [9.17, 15) is 9.90 Å². The summed E-state index contributed by atoms with van der Waals surface area (Å²) in [6.07, 6.45) is 0.988. The van der Waals surface area contributed by atoms with E-state index in [1.807, 2.05) is 48.5 Å². The smallest absolute Gasteiger partial charge is 0.223 e. The quantitative estimate of drug-likeness (QED) is 0.837. The Balaban J connectivity index is 1.53. The van der Waals surface area contributed by atoms with Gasteiger partial charge in [-0.3, -0.25) is 4.79 Å². The van der Waals surface area contributed by atoms with Crippen molar-refractivity contribution >= 4 is 5.91 Å². The third-order valence-electron chi connectivity index (χ3n) is 4.78. The fraction of sp³-hybridized carbons (Fsp3) is 0.381. The summed E-state index contributed by atoms with van der Waals surface area (Å²) in [5.74, 6) is 1.49. The van der Waals surface area contributed by atoms with Gasteiger partial charge in [0.15, 0.2) is 0 Å². The SMILES string of the molecule is CN1CCC(C(=O)NC[C@H](O)c2cccc(Oc3ccccc3)c2)CC1. The summed E-state index contributed by atoms with van der Waals surface area (Å²) in [7, 11) is 2.07. The zero-order valence-corrected chi connectivity index (χ0v) is 15.1. The van der Waals surface area contributed by atoms with Gasteiger partial charge < -0.3 is 20.1 Å². The summed E-state index contributed by atoms with van der Waals surface area (Å²) in [6, 6.07) is 16.8. The molecular formula is C21H26N2O3. The minimum atomic E-state index is -0.760. The van der Waals surface area contributed by atoms with Crippen LogP contribution in [0.4, 0.5) is 0 Å². The number of piperidine rings is 1. The Morgan fingerprint density at radius 3 is 2.58 bits per heavy atom. The van der Waals surface area contributed by atoms with Gasteiger partial charge in [-0.25, -0.2) is 0 Å². The normalized spacial score (nSPS) is 16.8. The molecule has 5 heteroatoms. The topological polar surface area (TPSA) is 61.8 Å². The first-order valence-corrected chi connectivity index (χ1v) is 9.09. The number of hydrogen-bond acceptors (Lipinski definition) is 4. The molecule has 2 aromatic carbocycles. The summed E-state index contributed by atoms with van der Waals surface area (Å²) < 4.78 is 5.80. The van der Waals surface area contributed by atoms with Gasteiger partial charge >= 0.3 is 0 Å². The second-order valence-corrected chi connectivity index (χ2v) is 6.83. The molecule has 1 saturated heterocycles. The molecule has 0 unspecified atom stereocenters. The van der Waals surface area contributed by atoms with Crippen molar-refractivity contribution in [3.63, 3.8) is 0 Å². The molecule has 0 saturated carbocycles. The van der Waals surface area contributed by atoms with Gasteiger partial charge in [-0.1, -0.05) is 30.3 Å². The van der Waals surface area contributed by atoms with Gasteiger partial charge in [-0.2, -0.15) is 0 Å². The van der Waals surface area contributed by atoms with E-state index >= 15 is 0 Å². The third kappa shape index (κ3) is 5.07. The number of amides is 1. The molecule has 1 amide bonds. The Morgan fingerprint density at radius 1 is 1.15 bits per heavy atom. The fourth-order valence-corrected chi connectivity index (χ4v) is 3.14. The van der Waals surface area contributed by atoms with Crippen molar-refractivity contribution in [1.82, 2.24) is 10.2 Å². The zero-order chi connectivity index (χ0) is 18.4. The summed E-state index contributed by atoms with van der Waals surface area (Å²) in [5, 5.41) is 13.3. The van der Waals surface area contributed by atoms with Crippen LogP contribution in [0.5, 0.6) is 11.5 Å². The van der Waals surface area contributed by atoms with Crippen LogP contribution in [0.1, 0.15) is 24.5 Å². The van der Waals surface area contributed by atoms with Crippen LogP contribution in [0, 0.1) is 5.92 Å². The van der Waals surface area contributed by atoms with Gasteiger partial charge in [0.2, 0.25) is 5.91 Å². The van der Waals surface area contributed by atoms with Crippen LogP contribution < -0.4 is 10.1 Å². The number of benzene rings is 2. The summed E-state index contributed by atoms with van der Waals surface area (Å²) in [5.41, 5.74) is 0.724. The number of aliphatic hydroxyl groups is 1. The lowest BCUT2D eigenvalue weighted by molar-refractivity contribution is -0.126. The molecule has 0 aromatic heterocycles. The van der Waals surface area contributed by atoms with E-state index in [2.05, 4.69) is 17.3 Å². The molecule has 5 nitrogen and oxygen atoms in total. The molecule has 26 heavy (non-hydrogen) atoms. The number of aliphatic hydroxyl groups excluding tert-OH is 1. The Morgan fingerprint density at radius 2 is 1.85 bits per heavy atom. The van der Waals surface area contributed by atoms with E-state index < -0.39 is 6.10 Å². The molecule has 3 rings (SSSR count). The van der Waals surface area contributed by atoms with E-state index in [1.165, 1.54) is 0 Å². The number of ether oxygens (including phenoxy) is 1. The Hall–Kier alpha value is -2.37. The van der Waals surface area contributed by atoms with Crippen molar-refractivity contribution < 1.29 is 14.6 Å². The lowest BCUT2D eigenvalue weighted by atomic mass is 9.96. The predicted octanol–water partition coefficient (Wildman–Crippen LogP) is 2.97. The molecular weight excluding hydrogens is 328 g/mol. The van der Waals surface area contributed by atoms with Gasteiger partial charge in [0.1, 0.15) is 11.5 Å². The molecule has 1 atom stereocenters. The van der Waals surface area contributed by atoms with Gasteiger partial charge in [0.25, 0.3) is 0 Å². The highest BCUT2D eigenvalue weighted by Gasteiger charge is 2.23. The highest BCUT2D eigenvalue weighted by Crippen LogP contribution is 2.24. The number of rotatable bonds is 6. The Bertz CT molecular complexity index is 712. The summed E-state index contributed by atoms with van der Waals surface area (Å²) in [6.45, 7) is 2.10. The number of nitrogens with zero attached hydrogens (tertiary/aromatic N) is 1. The van der Waals surface area contributed by atoms with Crippen LogP contribution in [0.15, 0.2) is 54.6 Å². The molecule has 0 spiro atoms. The first-order chi connectivity index (χ1) is 12.6. The fourth-order valence-electron chi connectivity index (χ4n) is 3.14. The highest BCUT2D eigenvalue weighted by atomic mass is 16.5. The average Bonchev–Trinajstić information content (AvgIpc) is 2.67. The number of likely N-dealkylation sites (tertiary alicyclic amines) is 1. The Kier molecular flexibility index (Phi) is 6.26. The van der Waals surface area contributed by atoms with Crippen molar-refractivity contribution in [3.8, 4) is 11.5 Å². The van der Waals surface area contributed by atoms with E-state index in [0.29, 0.717) is 5.75 Å². The molecule has 0 radical (unpaired) electrons. The van der Waals surface area contributed by atoms with Gasteiger partial charge in [-0.05, 0) is 62.8 Å². The third-order valence-corrected chi connectivity index (χ3v) is 4.78. The molecule has 138 valence electrons. The van der Waals surface area contributed by atoms with Crippen molar-refractivity contribution in [1.29, 1.82) is 0 Å². The number of carbonyl (C=O) groups excluding carboxylic acids is 1. The van der Waals surface area contributed by atoms with Crippen LogP contribution in [0.25, 0.3) is 0 Å². The maximum absolute atomic E-state index is 12.3. The van der Waals surface area contributed by atoms with Crippen LogP contribution in [-0.2, 0) is 4.79 Å². The zero-order valence-electron chi connectivity index (χ0n) is 15.1. The standard InChI is InChI=1S/C21H26N2O3/c1-23-12-10-16(11-13-23)21(25)22-15-20(24)17-6-5-9-19(14-17)26-18-7-3-2-4-8-18/h2-9,14,16,20,24H,10-13,15H2,1H3,(H,22,25)/t20-/m0/s1. The maximum Gasteiger partial charge on any atom is 0.223 e.